The first-order valence-electron chi connectivity index (χ1n) is 9.91. The quantitative estimate of drug-likeness (QED) is 0.484. The van der Waals surface area contributed by atoms with Crippen molar-refractivity contribution < 1.29 is 17.6 Å². The Kier molecular flexibility index (Phi) is 4.86. The lowest BCUT2D eigenvalue weighted by molar-refractivity contribution is -0.139. The van der Waals surface area contributed by atoms with Gasteiger partial charge in [-0.05, 0) is 12.1 Å². The number of aromatic amines is 1. The molecule has 4 aromatic rings. The van der Waals surface area contributed by atoms with E-state index < -0.39 is 17.7 Å². The smallest absolute Gasteiger partial charge is 0.342 e. The Balaban J connectivity index is 1.75. The maximum atomic E-state index is 13.9. The van der Waals surface area contributed by atoms with Crippen LogP contribution in [0, 0.1) is 5.82 Å². The van der Waals surface area contributed by atoms with Crippen molar-refractivity contribution in [3.05, 3.63) is 42.1 Å². The number of pyridine rings is 1. The number of imidazole rings is 2. The van der Waals surface area contributed by atoms with Gasteiger partial charge in [0.15, 0.2) is 17.3 Å². The molecule has 0 aliphatic carbocycles. The van der Waals surface area contributed by atoms with Gasteiger partial charge in [0, 0.05) is 63.1 Å². The molecule has 1 saturated heterocycles. The number of hydrogen-bond acceptors (Lipinski definition) is 5. The van der Waals surface area contributed by atoms with Crippen molar-refractivity contribution in [2.75, 3.05) is 32.7 Å². The van der Waals surface area contributed by atoms with Gasteiger partial charge >= 0.3 is 6.18 Å². The van der Waals surface area contributed by atoms with E-state index in [1.807, 2.05) is 0 Å². The minimum absolute atomic E-state index is 0.0610. The Morgan fingerprint density at radius 1 is 1.06 bits per heavy atom. The molecule has 0 atom stereocenters. The molecular weight excluding hydrogens is 414 g/mol. The van der Waals surface area contributed by atoms with Gasteiger partial charge in [-0.25, -0.2) is 19.3 Å². The Labute approximate surface area is 174 Å². The van der Waals surface area contributed by atoms with Gasteiger partial charge in [0.2, 0.25) is 0 Å². The number of H-pyrrole nitrogens is 1. The molecule has 0 radical (unpaired) electrons. The van der Waals surface area contributed by atoms with Gasteiger partial charge < -0.3 is 14.9 Å². The minimum atomic E-state index is -4.74. The number of halogens is 4. The molecule has 1 aliphatic heterocycles. The number of nitrogens with zero attached hydrogens (tertiary/aromatic N) is 5. The summed E-state index contributed by atoms with van der Waals surface area (Å²) in [4.78, 5) is 17.4. The van der Waals surface area contributed by atoms with Crippen LogP contribution >= 0.6 is 0 Å². The molecule has 162 valence electrons. The Hall–Kier alpha value is -3.05. The second kappa shape index (κ2) is 7.57. The topological polar surface area (TPSA) is 74.7 Å². The van der Waals surface area contributed by atoms with E-state index >= 15 is 0 Å². The molecule has 7 nitrogen and oxygen atoms in total. The largest absolute Gasteiger partial charge is 0.435 e. The zero-order valence-corrected chi connectivity index (χ0v) is 16.4. The van der Waals surface area contributed by atoms with Crippen LogP contribution in [0.1, 0.15) is 5.69 Å². The fourth-order valence-corrected chi connectivity index (χ4v) is 4.02. The fraction of sp³-hybridized carbons (Fsp3) is 0.350. The first-order valence-corrected chi connectivity index (χ1v) is 9.91. The maximum Gasteiger partial charge on any atom is 0.435 e. The van der Waals surface area contributed by atoms with Crippen LogP contribution in [0.25, 0.3) is 33.6 Å². The standard InChI is InChI=1S/C20H19F4N7/c21-12-1-2-13-14(11-12)28-17(20(22,23)24)15-16(13)31(10-9-30-7-5-25-6-8-30)19(29-15)18-26-3-4-27-18/h1-4,11,25H,5-10H2,(H,26,27). The van der Waals surface area contributed by atoms with Gasteiger partial charge in [-0.2, -0.15) is 13.2 Å². The van der Waals surface area contributed by atoms with Crippen LogP contribution in [0.2, 0.25) is 0 Å². The van der Waals surface area contributed by atoms with E-state index in [1.54, 1.807) is 10.8 Å². The van der Waals surface area contributed by atoms with Crippen LogP contribution in [0.3, 0.4) is 0 Å². The van der Waals surface area contributed by atoms with E-state index in [0.717, 1.165) is 32.2 Å². The van der Waals surface area contributed by atoms with Gasteiger partial charge in [0.1, 0.15) is 11.3 Å². The molecule has 4 heterocycles. The lowest BCUT2D eigenvalue weighted by Crippen LogP contribution is -2.44. The Bertz CT molecular complexity index is 1220. The lowest BCUT2D eigenvalue weighted by atomic mass is 10.1. The minimum Gasteiger partial charge on any atom is -0.342 e. The van der Waals surface area contributed by atoms with Crippen LogP contribution in [0.4, 0.5) is 17.6 Å². The highest BCUT2D eigenvalue weighted by Gasteiger charge is 2.38. The summed E-state index contributed by atoms with van der Waals surface area (Å²) >= 11 is 0. The molecule has 1 fully saturated rings. The number of benzene rings is 1. The summed E-state index contributed by atoms with van der Waals surface area (Å²) < 4.78 is 57.1. The van der Waals surface area contributed by atoms with Gasteiger partial charge in [-0.1, -0.05) is 0 Å². The summed E-state index contributed by atoms with van der Waals surface area (Å²) in [5, 5.41) is 3.69. The van der Waals surface area contributed by atoms with E-state index in [-0.39, 0.29) is 16.6 Å². The Morgan fingerprint density at radius 2 is 1.87 bits per heavy atom. The number of fused-ring (bicyclic) bond motifs is 3. The first kappa shape index (κ1) is 19.9. The second-order valence-corrected chi connectivity index (χ2v) is 7.43. The summed E-state index contributed by atoms with van der Waals surface area (Å²) in [5.74, 6) is 0.00442. The number of aromatic nitrogens is 5. The van der Waals surface area contributed by atoms with Crippen molar-refractivity contribution in [1.82, 2.24) is 34.7 Å². The Morgan fingerprint density at radius 3 is 2.58 bits per heavy atom. The lowest BCUT2D eigenvalue weighted by Gasteiger charge is -2.27. The van der Waals surface area contributed by atoms with Gasteiger partial charge in [0.25, 0.3) is 0 Å². The number of nitrogens with one attached hydrogen (secondary N) is 2. The predicted octanol–water partition coefficient (Wildman–Crippen LogP) is 3.04. The van der Waals surface area contributed by atoms with Crippen molar-refractivity contribution in [3.8, 4) is 11.6 Å². The van der Waals surface area contributed by atoms with E-state index in [1.165, 1.54) is 18.3 Å². The van der Waals surface area contributed by atoms with E-state index in [2.05, 4.69) is 30.2 Å². The number of piperazine rings is 1. The van der Waals surface area contributed by atoms with E-state index in [0.29, 0.717) is 30.1 Å². The third kappa shape index (κ3) is 3.63. The highest BCUT2D eigenvalue weighted by atomic mass is 19.4. The number of rotatable bonds is 4. The summed E-state index contributed by atoms with van der Waals surface area (Å²) in [6.07, 6.45) is -1.63. The molecule has 31 heavy (non-hydrogen) atoms. The van der Waals surface area contributed by atoms with Crippen LogP contribution < -0.4 is 5.32 Å². The molecule has 0 spiro atoms. The third-order valence-corrected chi connectivity index (χ3v) is 5.47. The van der Waals surface area contributed by atoms with Crippen LogP contribution in [0.15, 0.2) is 30.6 Å². The first-order chi connectivity index (χ1) is 14.9. The third-order valence-electron chi connectivity index (χ3n) is 5.47. The van der Waals surface area contributed by atoms with Gasteiger partial charge in [-0.3, -0.25) is 4.90 Å². The van der Waals surface area contributed by atoms with Gasteiger partial charge in [-0.15, -0.1) is 0 Å². The summed E-state index contributed by atoms with van der Waals surface area (Å²) in [6, 6.07) is 3.69. The SMILES string of the molecule is Fc1ccc2c(c1)nc(C(F)(F)F)c1nc(-c3ncc[nH]3)n(CCN3CCNCC3)c12. The van der Waals surface area contributed by atoms with E-state index in [4.69, 9.17) is 0 Å². The number of alkyl halides is 3. The summed E-state index contributed by atoms with van der Waals surface area (Å²) in [6.45, 7) is 4.46. The monoisotopic (exact) mass is 433 g/mol. The molecule has 2 N–H and O–H groups in total. The highest BCUT2D eigenvalue weighted by Crippen LogP contribution is 2.38. The summed E-state index contributed by atoms with van der Waals surface area (Å²) in [7, 11) is 0. The highest BCUT2D eigenvalue weighted by molar-refractivity contribution is 6.04. The molecule has 0 saturated carbocycles. The van der Waals surface area contributed by atoms with Crippen molar-refractivity contribution >= 4 is 21.9 Å². The molecule has 3 aromatic heterocycles. The molecule has 0 amide bonds. The molecule has 1 aromatic carbocycles. The van der Waals surface area contributed by atoms with Crippen molar-refractivity contribution in [2.45, 2.75) is 12.7 Å². The molecule has 5 rings (SSSR count). The van der Waals surface area contributed by atoms with Crippen LogP contribution in [0.5, 0.6) is 0 Å². The molecule has 11 heteroatoms. The zero-order valence-electron chi connectivity index (χ0n) is 16.4. The average Bonchev–Trinajstić information content (AvgIpc) is 3.39. The normalized spacial score (nSPS) is 15.9. The second-order valence-electron chi connectivity index (χ2n) is 7.43. The summed E-state index contributed by atoms with van der Waals surface area (Å²) in [5.41, 5.74) is -1.18. The molecule has 1 aliphatic rings. The predicted molar refractivity (Wildman–Crippen MR) is 107 cm³/mol. The zero-order chi connectivity index (χ0) is 21.6. The van der Waals surface area contributed by atoms with Crippen molar-refractivity contribution in [3.63, 3.8) is 0 Å². The molecule has 0 bridgehead atoms. The van der Waals surface area contributed by atoms with Gasteiger partial charge in [0.05, 0.1) is 11.0 Å². The van der Waals surface area contributed by atoms with E-state index in [9.17, 15) is 17.6 Å². The fourth-order valence-electron chi connectivity index (χ4n) is 4.02. The number of hydrogen-bond donors (Lipinski definition) is 2. The van der Waals surface area contributed by atoms with Crippen LogP contribution in [-0.2, 0) is 12.7 Å². The average molecular weight is 433 g/mol. The van der Waals surface area contributed by atoms with Crippen molar-refractivity contribution in [2.24, 2.45) is 0 Å². The van der Waals surface area contributed by atoms with Crippen molar-refractivity contribution in [1.29, 1.82) is 0 Å². The molecular formula is C20H19F4N7. The maximum absolute atomic E-state index is 13.9. The molecule has 0 unspecified atom stereocenters. The van der Waals surface area contributed by atoms with Crippen LogP contribution in [-0.4, -0.2) is 62.1 Å².